The Labute approximate surface area is 179 Å². The molecule has 0 amide bonds. The maximum atomic E-state index is 7.23. The monoisotopic (exact) mass is 396 g/mol. The van der Waals surface area contributed by atoms with Gasteiger partial charge in [-0.05, 0) is 63.4 Å². The Morgan fingerprint density at radius 1 is 0.645 bits per heavy atom. The molecule has 0 fully saturated rings. The minimum atomic E-state index is 0.541. The summed E-state index contributed by atoms with van der Waals surface area (Å²) in [5.41, 5.74) is 6.48. The molecule has 3 heteroatoms. The maximum absolute atomic E-state index is 7.23. The van der Waals surface area contributed by atoms with E-state index in [0.29, 0.717) is 5.69 Å². The third kappa shape index (κ3) is 2.86. The van der Waals surface area contributed by atoms with E-state index in [1.54, 1.807) is 12.4 Å². The Morgan fingerprint density at radius 3 is 2.39 bits per heavy atom. The van der Waals surface area contributed by atoms with Crippen LogP contribution < -0.4 is 0 Å². The van der Waals surface area contributed by atoms with Crippen molar-refractivity contribution in [3.8, 4) is 22.3 Å². The molecule has 3 nitrogen and oxygen atoms in total. The van der Waals surface area contributed by atoms with E-state index < -0.39 is 0 Å². The van der Waals surface area contributed by atoms with Gasteiger partial charge in [0.25, 0.3) is 0 Å². The predicted molar refractivity (Wildman–Crippen MR) is 126 cm³/mol. The van der Waals surface area contributed by atoms with Crippen molar-refractivity contribution < 1.29 is 4.42 Å². The average molecular weight is 396 g/mol. The summed E-state index contributed by atoms with van der Waals surface area (Å²) in [5, 5.41) is 4.71. The van der Waals surface area contributed by atoms with Crippen LogP contribution in [-0.2, 0) is 0 Å². The summed E-state index contributed by atoms with van der Waals surface area (Å²) in [6.07, 6.45) is 3.38. The number of aromatic nitrogens is 1. The Kier molecular flexibility index (Phi) is 3.84. The molecule has 0 bridgehead atoms. The van der Waals surface area contributed by atoms with Gasteiger partial charge >= 0.3 is 0 Å². The summed E-state index contributed by atoms with van der Waals surface area (Å²) in [6, 6.07) is 29.1. The first-order valence-corrected chi connectivity index (χ1v) is 10.1. The topological polar surface area (TPSA) is 30.4 Å². The second-order valence-electron chi connectivity index (χ2n) is 7.60. The van der Waals surface area contributed by atoms with Crippen molar-refractivity contribution in [3.63, 3.8) is 0 Å². The van der Waals surface area contributed by atoms with Gasteiger partial charge in [0.1, 0.15) is 11.2 Å². The SMILES string of the molecule is [C-]#[N+]c1cncc(-c2cccc(-c3ccc4c(c3)oc3ccc5ccccc5c34)c2)c1. The Hall–Kier alpha value is -4.42. The number of rotatable bonds is 2. The van der Waals surface area contributed by atoms with Crippen LogP contribution in [0.25, 0.3) is 59.8 Å². The molecule has 4 aromatic carbocycles. The third-order valence-corrected chi connectivity index (χ3v) is 5.74. The molecule has 0 saturated heterocycles. The molecular weight excluding hydrogens is 380 g/mol. The Bertz CT molecular complexity index is 1650. The minimum Gasteiger partial charge on any atom is -0.456 e. The molecule has 0 atom stereocenters. The predicted octanol–water partition coefficient (Wildman–Crippen LogP) is 8.02. The van der Waals surface area contributed by atoms with E-state index in [-0.39, 0.29) is 0 Å². The zero-order chi connectivity index (χ0) is 20.8. The van der Waals surface area contributed by atoms with Gasteiger partial charge in [0.05, 0.1) is 6.57 Å². The van der Waals surface area contributed by atoms with Gasteiger partial charge in [0.15, 0.2) is 0 Å². The van der Waals surface area contributed by atoms with E-state index in [4.69, 9.17) is 11.0 Å². The van der Waals surface area contributed by atoms with Crippen molar-refractivity contribution in [3.05, 3.63) is 109 Å². The van der Waals surface area contributed by atoms with Crippen molar-refractivity contribution in [2.45, 2.75) is 0 Å². The number of pyridine rings is 1. The zero-order valence-corrected chi connectivity index (χ0v) is 16.5. The molecule has 0 saturated carbocycles. The number of fused-ring (bicyclic) bond motifs is 5. The van der Waals surface area contributed by atoms with E-state index >= 15 is 0 Å². The van der Waals surface area contributed by atoms with Gasteiger partial charge in [-0.1, -0.05) is 54.6 Å². The lowest BCUT2D eigenvalue weighted by atomic mass is 9.98. The molecule has 144 valence electrons. The molecule has 2 aromatic heterocycles. The standard InChI is InChI=1S/C28H16N2O/c1-29-23-14-22(16-30-17-23)20-7-4-6-19(13-20)21-9-11-25-27(15-21)31-26-12-10-18-5-2-3-8-24(18)28(25)26/h2-17H. The summed E-state index contributed by atoms with van der Waals surface area (Å²) in [5.74, 6) is 0. The van der Waals surface area contributed by atoms with Gasteiger partial charge in [-0.2, -0.15) is 0 Å². The van der Waals surface area contributed by atoms with E-state index in [2.05, 4.69) is 76.6 Å². The molecule has 0 aliphatic heterocycles. The maximum Gasteiger partial charge on any atom is 0.205 e. The quantitative estimate of drug-likeness (QED) is 0.277. The molecule has 0 N–H and O–H groups in total. The number of benzene rings is 4. The number of hydrogen-bond donors (Lipinski definition) is 0. The largest absolute Gasteiger partial charge is 0.456 e. The van der Waals surface area contributed by atoms with Crippen LogP contribution in [0.1, 0.15) is 0 Å². The van der Waals surface area contributed by atoms with Crippen LogP contribution in [0.3, 0.4) is 0 Å². The van der Waals surface area contributed by atoms with Crippen LogP contribution in [0, 0.1) is 6.57 Å². The van der Waals surface area contributed by atoms with Gasteiger partial charge in [0.2, 0.25) is 5.69 Å². The molecule has 0 unspecified atom stereocenters. The lowest BCUT2D eigenvalue weighted by Crippen LogP contribution is -1.83. The van der Waals surface area contributed by atoms with Gasteiger partial charge in [-0.25, -0.2) is 4.85 Å². The lowest BCUT2D eigenvalue weighted by Gasteiger charge is -2.06. The fraction of sp³-hybridized carbons (Fsp3) is 0. The molecule has 6 rings (SSSR count). The molecular formula is C28H16N2O. The normalized spacial score (nSPS) is 11.2. The highest BCUT2D eigenvalue weighted by Crippen LogP contribution is 2.37. The smallest absolute Gasteiger partial charge is 0.205 e. The molecule has 2 heterocycles. The summed E-state index contributed by atoms with van der Waals surface area (Å²) in [4.78, 5) is 7.68. The first kappa shape index (κ1) is 17.4. The van der Waals surface area contributed by atoms with Gasteiger partial charge in [0, 0.05) is 23.2 Å². The molecule has 0 radical (unpaired) electrons. The van der Waals surface area contributed by atoms with Crippen molar-refractivity contribution in [2.24, 2.45) is 0 Å². The Balaban J connectivity index is 1.50. The van der Waals surface area contributed by atoms with Crippen LogP contribution in [-0.4, -0.2) is 4.98 Å². The third-order valence-electron chi connectivity index (χ3n) is 5.74. The first-order valence-electron chi connectivity index (χ1n) is 10.1. The summed E-state index contributed by atoms with van der Waals surface area (Å²) < 4.78 is 6.22. The highest BCUT2D eigenvalue weighted by atomic mass is 16.3. The second-order valence-corrected chi connectivity index (χ2v) is 7.60. The van der Waals surface area contributed by atoms with Crippen molar-refractivity contribution in [2.75, 3.05) is 0 Å². The van der Waals surface area contributed by atoms with E-state index in [9.17, 15) is 0 Å². The van der Waals surface area contributed by atoms with Gasteiger partial charge < -0.3 is 4.42 Å². The highest BCUT2D eigenvalue weighted by molar-refractivity contribution is 6.19. The minimum absolute atomic E-state index is 0.541. The number of hydrogen-bond acceptors (Lipinski definition) is 2. The second kappa shape index (κ2) is 6.83. The van der Waals surface area contributed by atoms with Crippen molar-refractivity contribution >= 4 is 38.4 Å². The van der Waals surface area contributed by atoms with Crippen LogP contribution in [0.15, 0.2) is 102 Å². The fourth-order valence-electron chi connectivity index (χ4n) is 4.25. The molecule has 31 heavy (non-hydrogen) atoms. The first-order chi connectivity index (χ1) is 15.3. The summed E-state index contributed by atoms with van der Waals surface area (Å²) in [7, 11) is 0. The summed E-state index contributed by atoms with van der Waals surface area (Å²) >= 11 is 0. The average Bonchev–Trinajstić information content (AvgIpc) is 3.22. The fourth-order valence-corrected chi connectivity index (χ4v) is 4.25. The molecule has 0 aliphatic rings. The highest BCUT2D eigenvalue weighted by Gasteiger charge is 2.12. The van der Waals surface area contributed by atoms with Gasteiger partial charge in [-0.15, -0.1) is 0 Å². The lowest BCUT2D eigenvalue weighted by molar-refractivity contribution is 0.669. The number of nitrogens with zero attached hydrogens (tertiary/aromatic N) is 2. The zero-order valence-electron chi connectivity index (χ0n) is 16.5. The van der Waals surface area contributed by atoms with Crippen LogP contribution in [0.2, 0.25) is 0 Å². The summed E-state index contributed by atoms with van der Waals surface area (Å²) in [6.45, 7) is 7.23. The van der Waals surface area contributed by atoms with E-state index in [1.807, 2.05) is 18.2 Å². The van der Waals surface area contributed by atoms with E-state index in [0.717, 1.165) is 44.2 Å². The van der Waals surface area contributed by atoms with Crippen LogP contribution in [0.4, 0.5) is 5.69 Å². The number of furan rings is 1. The molecule has 0 aliphatic carbocycles. The van der Waals surface area contributed by atoms with Crippen LogP contribution >= 0.6 is 0 Å². The van der Waals surface area contributed by atoms with Gasteiger partial charge in [-0.3, -0.25) is 4.98 Å². The van der Waals surface area contributed by atoms with Crippen molar-refractivity contribution in [1.29, 1.82) is 0 Å². The van der Waals surface area contributed by atoms with Crippen LogP contribution in [0.5, 0.6) is 0 Å². The molecule has 0 spiro atoms. The molecule has 6 aromatic rings. The van der Waals surface area contributed by atoms with Crippen molar-refractivity contribution in [1.82, 2.24) is 4.98 Å². The van der Waals surface area contributed by atoms with E-state index in [1.165, 1.54) is 10.8 Å². The Morgan fingerprint density at radius 2 is 1.48 bits per heavy atom.